The lowest BCUT2D eigenvalue weighted by Gasteiger charge is -2.21. The maximum Gasteiger partial charge on any atom is 0.338 e. The Morgan fingerprint density at radius 3 is 2.59 bits per heavy atom. The molecule has 1 aromatic carbocycles. The summed E-state index contributed by atoms with van der Waals surface area (Å²) in [5.41, 5.74) is 0.253. The Morgan fingerprint density at radius 1 is 1.03 bits per heavy atom. The molecule has 3 unspecified atom stereocenters. The molecule has 0 radical (unpaired) electrons. The van der Waals surface area contributed by atoms with Crippen LogP contribution in [0.25, 0.3) is 0 Å². The van der Waals surface area contributed by atoms with E-state index < -0.39 is 5.97 Å². The van der Waals surface area contributed by atoms with Gasteiger partial charge in [-0.05, 0) is 67.6 Å². The minimum Gasteiger partial charge on any atom is -0.691 e. The van der Waals surface area contributed by atoms with E-state index in [-0.39, 0.29) is 17.3 Å². The molecule has 2 bridgehead atoms. The molecule has 1 aromatic rings. The Morgan fingerprint density at radius 2 is 1.88 bits per heavy atom. The van der Waals surface area contributed by atoms with Gasteiger partial charge < -0.3 is 14.7 Å². The van der Waals surface area contributed by atoms with Gasteiger partial charge in [0.25, 0.3) is 0 Å². The molecule has 3 aliphatic rings. The van der Waals surface area contributed by atoms with Gasteiger partial charge in [-0.1, -0.05) is 38.5 Å². The molecule has 32 heavy (non-hydrogen) atoms. The molecule has 0 saturated heterocycles. The molecule has 0 spiro atoms. The average molecular weight is 464 g/mol. The molecular formula is C24H31O7S-. The van der Waals surface area contributed by atoms with E-state index in [0.717, 1.165) is 18.8 Å². The van der Waals surface area contributed by atoms with Gasteiger partial charge in [0.2, 0.25) is 0 Å². The van der Waals surface area contributed by atoms with Crippen molar-refractivity contribution in [3.63, 3.8) is 0 Å². The monoisotopic (exact) mass is 463 g/mol. The molecule has 7 nitrogen and oxygen atoms in total. The predicted octanol–water partition coefficient (Wildman–Crippen LogP) is 4.78. The Labute approximate surface area is 193 Å². The molecular weight excluding hydrogens is 432 g/mol. The number of esters is 2. The third-order valence-corrected chi connectivity index (χ3v) is 7.85. The molecule has 3 atom stereocenters. The van der Waals surface area contributed by atoms with Gasteiger partial charge >= 0.3 is 11.9 Å². The topological polar surface area (TPSA) is 94.1 Å². The first-order chi connectivity index (χ1) is 15.6. The Balaban J connectivity index is 1.34. The normalized spacial score (nSPS) is 25.1. The summed E-state index contributed by atoms with van der Waals surface area (Å²) in [7, 11) is 0. The van der Waals surface area contributed by atoms with Gasteiger partial charge in [0.05, 0.1) is 24.2 Å². The molecule has 0 aliphatic heterocycles. The second-order valence-corrected chi connectivity index (χ2v) is 10.2. The lowest BCUT2D eigenvalue weighted by molar-refractivity contribution is -0.777. The standard InChI is InChI=1S/C24H32O7S/c25-23(9-7-16-4-2-1-3-5-16)29-21-12-19(13-22(14-21)32-31-30-27)24(26)28-15-20-11-17-6-8-18(20)10-17/h12-14,16-18,20,27H,1-11,15H2/p-1. The highest BCUT2D eigenvalue weighted by atomic mass is 32.2. The molecule has 0 aromatic heterocycles. The van der Waals surface area contributed by atoms with E-state index in [2.05, 4.69) is 9.37 Å². The van der Waals surface area contributed by atoms with E-state index in [0.29, 0.717) is 47.7 Å². The van der Waals surface area contributed by atoms with Crippen LogP contribution in [0.1, 0.15) is 81.0 Å². The Kier molecular flexibility index (Phi) is 8.46. The lowest BCUT2D eigenvalue weighted by atomic mass is 9.86. The number of hydrogen-bond donors (Lipinski definition) is 0. The van der Waals surface area contributed by atoms with Crippen LogP contribution in [0.5, 0.6) is 5.75 Å². The molecule has 3 aliphatic carbocycles. The number of carbonyl (C=O) groups is 2. The van der Waals surface area contributed by atoms with E-state index in [1.54, 1.807) is 0 Å². The van der Waals surface area contributed by atoms with Crippen LogP contribution in [0.3, 0.4) is 0 Å². The second-order valence-electron chi connectivity index (χ2n) is 9.46. The van der Waals surface area contributed by atoms with Crippen LogP contribution in [0, 0.1) is 23.7 Å². The summed E-state index contributed by atoms with van der Waals surface area (Å²) in [6, 6.07) is 4.57. The van der Waals surface area contributed by atoms with Crippen LogP contribution >= 0.6 is 12.0 Å². The molecule has 0 heterocycles. The summed E-state index contributed by atoms with van der Waals surface area (Å²) in [5, 5.41) is 13.6. The Hall–Kier alpha value is -1.61. The predicted molar refractivity (Wildman–Crippen MR) is 115 cm³/mol. The number of benzene rings is 1. The lowest BCUT2D eigenvalue weighted by Crippen LogP contribution is -2.19. The van der Waals surface area contributed by atoms with E-state index >= 15 is 0 Å². The summed E-state index contributed by atoms with van der Waals surface area (Å²) < 4.78 is 15.5. The molecule has 4 rings (SSSR count). The molecule has 3 fully saturated rings. The summed E-state index contributed by atoms with van der Waals surface area (Å²) in [4.78, 5) is 25.5. The zero-order valence-electron chi connectivity index (χ0n) is 18.3. The average Bonchev–Trinajstić information content (AvgIpc) is 3.44. The van der Waals surface area contributed by atoms with Gasteiger partial charge in [0, 0.05) is 11.3 Å². The van der Waals surface area contributed by atoms with Gasteiger partial charge in [0.15, 0.2) is 0 Å². The molecule has 176 valence electrons. The SMILES string of the molecule is O=C(CCC1CCCCC1)Oc1cc(SOO[O-])cc(C(=O)OCC2CC3CCC2C3)c1. The highest BCUT2D eigenvalue weighted by Gasteiger charge is 2.40. The maximum absolute atomic E-state index is 12.7. The van der Waals surface area contributed by atoms with Crippen molar-refractivity contribution in [3.05, 3.63) is 23.8 Å². The number of carbonyl (C=O) groups excluding carboxylic acids is 2. The largest absolute Gasteiger partial charge is 0.691 e. The van der Waals surface area contributed by atoms with Crippen LogP contribution in [-0.2, 0) is 18.9 Å². The number of fused-ring (bicyclic) bond motifs is 2. The van der Waals surface area contributed by atoms with E-state index in [4.69, 9.17) is 9.47 Å². The van der Waals surface area contributed by atoms with Crippen molar-refractivity contribution in [2.45, 2.75) is 75.5 Å². The number of hydrogen-bond acceptors (Lipinski definition) is 8. The first kappa shape index (κ1) is 23.5. The van der Waals surface area contributed by atoms with Crippen molar-refractivity contribution >= 4 is 24.0 Å². The summed E-state index contributed by atoms with van der Waals surface area (Å²) >= 11 is 0.649. The zero-order valence-corrected chi connectivity index (χ0v) is 19.1. The molecule has 3 saturated carbocycles. The smallest absolute Gasteiger partial charge is 0.338 e. The van der Waals surface area contributed by atoms with Gasteiger partial charge in [-0.2, -0.15) is 4.33 Å². The van der Waals surface area contributed by atoms with E-state index in [1.807, 2.05) is 0 Å². The molecule has 8 heteroatoms. The zero-order chi connectivity index (χ0) is 22.3. The first-order valence-electron chi connectivity index (χ1n) is 11.8. The van der Waals surface area contributed by atoms with Gasteiger partial charge in [0.1, 0.15) is 5.75 Å². The minimum atomic E-state index is -0.474. The van der Waals surface area contributed by atoms with Crippen molar-refractivity contribution in [2.75, 3.05) is 6.61 Å². The van der Waals surface area contributed by atoms with Crippen molar-refractivity contribution in [1.82, 2.24) is 0 Å². The third kappa shape index (κ3) is 6.47. The minimum absolute atomic E-state index is 0.227. The van der Waals surface area contributed by atoms with Crippen LogP contribution < -0.4 is 9.99 Å². The van der Waals surface area contributed by atoms with Gasteiger partial charge in [-0.3, -0.25) is 9.83 Å². The highest BCUT2D eigenvalue weighted by molar-refractivity contribution is 7.94. The molecule has 0 N–H and O–H groups in total. The van der Waals surface area contributed by atoms with Crippen molar-refractivity contribution in [2.24, 2.45) is 23.7 Å². The summed E-state index contributed by atoms with van der Waals surface area (Å²) in [6.07, 6.45) is 12.1. The van der Waals surface area contributed by atoms with Crippen molar-refractivity contribution in [1.29, 1.82) is 0 Å². The van der Waals surface area contributed by atoms with Crippen molar-refractivity contribution in [3.8, 4) is 5.75 Å². The van der Waals surface area contributed by atoms with Crippen LogP contribution in [0.2, 0.25) is 0 Å². The highest BCUT2D eigenvalue weighted by Crippen LogP contribution is 2.48. The molecule has 0 amide bonds. The van der Waals surface area contributed by atoms with Crippen LogP contribution in [-0.4, -0.2) is 18.5 Å². The Bertz CT molecular complexity index is 793. The number of ether oxygens (including phenoxy) is 2. The third-order valence-electron chi connectivity index (χ3n) is 7.30. The number of rotatable bonds is 10. The summed E-state index contributed by atoms with van der Waals surface area (Å²) in [5.74, 6) is 1.88. The van der Waals surface area contributed by atoms with E-state index in [9.17, 15) is 14.8 Å². The fraction of sp³-hybridized carbons (Fsp3) is 0.667. The first-order valence-corrected chi connectivity index (χ1v) is 12.5. The fourth-order valence-electron chi connectivity index (χ4n) is 5.68. The van der Waals surface area contributed by atoms with E-state index in [1.165, 1.54) is 69.6 Å². The summed E-state index contributed by atoms with van der Waals surface area (Å²) in [6.45, 7) is 0.411. The van der Waals surface area contributed by atoms with Crippen LogP contribution in [0.15, 0.2) is 23.1 Å². The van der Waals surface area contributed by atoms with Gasteiger partial charge in [-0.15, -0.1) is 0 Å². The second kappa shape index (κ2) is 11.5. The van der Waals surface area contributed by atoms with Crippen molar-refractivity contribution < 1.29 is 33.7 Å². The van der Waals surface area contributed by atoms with Gasteiger partial charge in [-0.25, -0.2) is 4.79 Å². The maximum atomic E-state index is 12.7. The fourth-order valence-corrected chi connectivity index (χ4v) is 6.12. The van der Waals surface area contributed by atoms with Crippen LogP contribution in [0.4, 0.5) is 0 Å². The quantitative estimate of drug-likeness (QED) is 0.161.